The van der Waals surface area contributed by atoms with E-state index in [4.69, 9.17) is 16.6 Å². The summed E-state index contributed by atoms with van der Waals surface area (Å²) in [5.74, 6) is 1.90. The molecule has 108 valence electrons. The third kappa shape index (κ3) is 1.83. The lowest BCUT2D eigenvalue weighted by Crippen LogP contribution is -2.57. The van der Waals surface area contributed by atoms with E-state index in [1.807, 2.05) is 13.0 Å². The van der Waals surface area contributed by atoms with Gasteiger partial charge in [-0.2, -0.15) is 0 Å². The van der Waals surface area contributed by atoms with Crippen LogP contribution in [0.25, 0.3) is 0 Å². The average molecular weight is 291 g/mol. The molecule has 1 aromatic heterocycles. The molecular weight excluding hydrogens is 268 g/mol. The Morgan fingerprint density at radius 1 is 1.05 bits per heavy atom. The van der Waals surface area contributed by atoms with Crippen molar-refractivity contribution in [3.63, 3.8) is 0 Å². The molecule has 4 fully saturated rings. The lowest BCUT2D eigenvalue weighted by atomic mass is 9.40. The minimum absolute atomic E-state index is 0.193. The van der Waals surface area contributed by atoms with Gasteiger partial charge in [-0.05, 0) is 68.3 Å². The summed E-state index contributed by atoms with van der Waals surface area (Å²) in [7, 11) is 0. The Hall–Kier alpha value is -0.630. The summed E-state index contributed by atoms with van der Waals surface area (Å²) in [6.45, 7) is 7.00. The maximum absolute atomic E-state index is 6.21. The molecule has 4 saturated carbocycles. The zero-order valence-corrected chi connectivity index (χ0v) is 13.4. The summed E-state index contributed by atoms with van der Waals surface area (Å²) in [4.78, 5) is 9.43. The van der Waals surface area contributed by atoms with Crippen molar-refractivity contribution in [2.24, 2.45) is 16.7 Å². The number of hydrogen-bond donors (Lipinski definition) is 0. The minimum Gasteiger partial charge on any atom is -0.238 e. The summed E-state index contributed by atoms with van der Waals surface area (Å²) in [5, 5.41) is 0.610. The van der Waals surface area contributed by atoms with Gasteiger partial charge < -0.3 is 0 Å². The molecule has 3 heteroatoms. The van der Waals surface area contributed by atoms with Crippen molar-refractivity contribution >= 4 is 11.6 Å². The lowest BCUT2D eigenvalue weighted by molar-refractivity contribution is -0.112. The van der Waals surface area contributed by atoms with Gasteiger partial charge >= 0.3 is 0 Å². The Balaban J connectivity index is 1.84. The number of rotatable bonds is 1. The molecule has 5 rings (SSSR count). The molecule has 0 saturated heterocycles. The van der Waals surface area contributed by atoms with E-state index >= 15 is 0 Å². The quantitative estimate of drug-likeness (QED) is 0.702. The number of nitrogens with zero attached hydrogens (tertiary/aromatic N) is 2. The smallest absolute Gasteiger partial charge is 0.136 e. The summed E-state index contributed by atoms with van der Waals surface area (Å²) in [5.41, 5.74) is 2.19. The van der Waals surface area contributed by atoms with Crippen LogP contribution in [0, 0.1) is 23.7 Å². The van der Waals surface area contributed by atoms with Crippen LogP contribution >= 0.6 is 11.6 Å². The zero-order chi connectivity index (χ0) is 14.2. The fourth-order valence-corrected chi connectivity index (χ4v) is 6.70. The SMILES string of the molecule is Cc1cc(Cl)nc(C23CC4CC(C)(CC(C)(C4)C2)C3)n1. The van der Waals surface area contributed by atoms with E-state index in [1.54, 1.807) is 0 Å². The molecule has 0 spiro atoms. The number of halogens is 1. The topological polar surface area (TPSA) is 25.8 Å². The second-order valence-corrected chi connectivity index (χ2v) is 8.95. The number of aryl methyl sites for hydroxylation is 1. The van der Waals surface area contributed by atoms with Crippen molar-refractivity contribution in [3.8, 4) is 0 Å². The van der Waals surface area contributed by atoms with E-state index in [-0.39, 0.29) is 5.41 Å². The molecule has 20 heavy (non-hydrogen) atoms. The maximum atomic E-state index is 6.21. The molecule has 2 nitrogen and oxygen atoms in total. The van der Waals surface area contributed by atoms with E-state index in [9.17, 15) is 0 Å². The van der Waals surface area contributed by atoms with Gasteiger partial charge in [-0.15, -0.1) is 0 Å². The number of hydrogen-bond acceptors (Lipinski definition) is 2. The Morgan fingerprint density at radius 2 is 1.70 bits per heavy atom. The van der Waals surface area contributed by atoms with Crippen molar-refractivity contribution < 1.29 is 0 Å². The second kappa shape index (κ2) is 3.76. The van der Waals surface area contributed by atoms with Crippen LogP contribution < -0.4 is 0 Å². The Kier molecular flexibility index (Phi) is 2.46. The van der Waals surface area contributed by atoms with Crippen LogP contribution in [0.2, 0.25) is 5.15 Å². The maximum Gasteiger partial charge on any atom is 0.136 e. The second-order valence-electron chi connectivity index (χ2n) is 8.57. The highest BCUT2D eigenvalue weighted by atomic mass is 35.5. The van der Waals surface area contributed by atoms with Gasteiger partial charge in [0.15, 0.2) is 0 Å². The highest BCUT2D eigenvalue weighted by molar-refractivity contribution is 6.29. The van der Waals surface area contributed by atoms with Crippen molar-refractivity contribution in [2.45, 2.75) is 64.7 Å². The molecule has 4 bridgehead atoms. The third-order valence-corrected chi connectivity index (χ3v) is 6.12. The minimum atomic E-state index is 0.193. The predicted octanol–water partition coefficient (Wildman–Crippen LogP) is 4.69. The van der Waals surface area contributed by atoms with E-state index in [1.165, 1.54) is 38.5 Å². The van der Waals surface area contributed by atoms with Crippen LogP contribution in [0.1, 0.15) is 63.9 Å². The van der Waals surface area contributed by atoms with Crippen molar-refractivity contribution in [2.75, 3.05) is 0 Å². The highest BCUT2D eigenvalue weighted by Gasteiger charge is 2.61. The number of aromatic nitrogens is 2. The highest BCUT2D eigenvalue weighted by Crippen LogP contribution is 2.69. The molecule has 0 radical (unpaired) electrons. The van der Waals surface area contributed by atoms with E-state index in [0.29, 0.717) is 16.0 Å². The molecule has 0 N–H and O–H groups in total. The van der Waals surface area contributed by atoms with Crippen molar-refractivity contribution in [3.05, 3.63) is 22.7 Å². The Bertz CT molecular complexity index is 544. The van der Waals surface area contributed by atoms with Crippen LogP contribution in [0.3, 0.4) is 0 Å². The van der Waals surface area contributed by atoms with Gasteiger partial charge in [0.25, 0.3) is 0 Å². The van der Waals surface area contributed by atoms with E-state index in [2.05, 4.69) is 18.8 Å². The van der Waals surface area contributed by atoms with E-state index < -0.39 is 0 Å². The van der Waals surface area contributed by atoms with Crippen LogP contribution in [0.4, 0.5) is 0 Å². The monoisotopic (exact) mass is 290 g/mol. The normalized spacial score (nSPS) is 45.9. The van der Waals surface area contributed by atoms with Crippen LogP contribution in [0.15, 0.2) is 6.07 Å². The van der Waals surface area contributed by atoms with Crippen LogP contribution in [-0.4, -0.2) is 9.97 Å². The molecule has 4 aliphatic carbocycles. The first-order chi connectivity index (χ1) is 9.30. The van der Waals surface area contributed by atoms with Crippen molar-refractivity contribution in [1.82, 2.24) is 9.97 Å². The fraction of sp³-hybridized carbons (Fsp3) is 0.765. The van der Waals surface area contributed by atoms with Crippen LogP contribution in [-0.2, 0) is 5.41 Å². The Labute approximate surface area is 126 Å². The van der Waals surface area contributed by atoms with Gasteiger partial charge in [-0.3, -0.25) is 0 Å². The third-order valence-electron chi connectivity index (χ3n) is 5.92. The van der Waals surface area contributed by atoms with Gasteiger partial charge in [-0.25, -0.2) is 9.97 Å². The summed E-state index contributed by atoms with van der Waals surface area (Å²) < 4.78 is 0. The lowest BCUT2D eigenvalue weighted by Gasteiger charge is -2.64. The zero-order valence-electron chi connectivity index (χ0n) is 12.7. The molecule has 1 aromatic rings. The first-order valence-electron chi connectivity index (χ1n) is 7.82. The van der Waals surface area contributed by atoms with Gasteiger partial charge in [-0.1, -0.05) is 25.4 Å². The average Bonchev–Trinajstić information content (AvgIpc) is 2.22. The summed E-state index contributed by atoms with van der Waals surface area (Å²) in [6, 6.07) is 1.87. The molecule has 4 aliphatic rings. The first-order valence-corrected chi connectivity index (χ1v) is 8.20. The first kappa shape index (κ1) is 13.1. The van der Waals surface area contributed by atoms with E-state index in [0.717, 1.165) is 17.4 Å². The van der Waals surface area contributed by atoms with Gasteiger partial charge in [0.2, 0.25) is 0 Å². The molecular formula is C17H23ClN2. The van der Waals surface area contributed by atoms with Gasteiger partial charge in [0, 0.05) is 11.1 Å². The Morgan fingerprint density at radius 3 is 2.25 bits per heavy atom. The molecule has 2 unspecified atom stereocenters. The molecule has 1 heterocycles. The molecule has 0 amide bonds. The standard InChI is InChI=1S/C17H23ClN2/c1-11-4-13(18)20-14(19-11)17-7-12-5-15(2,9-17)8-16(3,6-12)10-17/h4,12H,5-10H2,1-3H3. The van der Waals surface area contributed by atoms with Gasteiger partial charge in [0.1, 0.15) is 11.0 Å². The fourth-order valence-electron chi connectivity index (χ4n) is 6.46. The predicted molar refractivity (Wildman–Crippen MR) is 80.9 cm³/mol. The molecule has 0 aliphatic heterocycles. The molecule has 0 aromatic carbocycles. The largest absolute Gasteiger partial charge is 0.238 e. The van der Waals surface area contributed by atoms with Crippen LogP contribution in [0.5, 0.6) is 0 Å². The molecule has 2 atom stereocenters. The van der Waals surface area contributed by atoms with Gasteiger partial charge in [0.05, 0.1) is 0 Å². The summed E-state index contributed by atoms with van der Waals surface area (Å²) >= 11 is 6.21. The van der Waals surface area contributed by atoms with Crippen molar-refractivity contribution in [1.29, 1.82) is 0 Å². The summed E-state index contributed by atoms with van der Waals surface area (Å²) in [6.07, 6.45) is 7.99.